The van der Waals surface area contributed by atoms with E-state index in [0.717, 1.165) is 0 Å². The number of hydrogen-bond donors (Lipinski definition) is 2. The molecule has 2 N–H and O–H groups in total. The zero-order valence-corrected chi connectivity index (χ0v) is 12.5. The fraction of sp³-hybridized carbons (Fsp3) is 0.308. The minimum absolute atomic E-state index is 0.103. The van der Waals surface area contributed by atoms with Crippen molar-refractivity contribution >= 4 is 15.9 Å². The fourth-order valence-corrected chi connectivity index (χ4v) is 3.18. The van der Waals surface area contributed by atoms with Gasteiger partial charge in [-0.1, -0.05) is 24.8 Å². The first-order valence-corrected chi connectivity index (χ1v) is 7.81. The second-order valence-electron chi connectivity index (χ2n) is 4.81. The van der Waals surface area contributed by atoms with Crippen molar-refractivity contribution in [2.24, 2.45) is 0 Å². The minimum Gasteiger partial charge on any atom is -0.334 e. The van der Waals surface area contributed by atoms with Gasteiger partial charge in [0.2, 0.25) is 0 Å². The Balaban J connectivity index is 2.34. The smallest absolute Gasteiger partial charge is 0.334 e. The third kappa shape index (κ3) is 3.23. The Morgan fingerprint density at radius 1 is 1.30 bits per heavy atom. The SMILES string of the molecule is C=C1CNC(C(F)(F)F)(S(=O)(=O)NC(=O)c2ccccc2)OC1. The number of amides is 1. The lowest BCUT2D eigenvalue weighted by Gasteiger charge is -2.38. The number of carbonyl (C=O) groups excluding carboxylic acids is 1. The maximum Gasteiger partial charge on any atom is 0.449 e. The van der Waals surface area contributed by atoms with Crippen LogP contribution in [0.2, 0.25) is 0 Å². The summed E-state index contributed by atoms with van der Waals surface area (Å²) in [5, 5.41) is -1.95. The van der Waals surface area contributed by atoms with Crippen molar-refractivity contribution < 1.29 is 31.1 Å². The van der Waals surface area contributed by atoms with E-state index in [1.807, 2.05) is 0 Å². The second-order valence-corrected chi connectivity index (χ2v) is 6.59. The fourth-order valence-electron chi connectivity index (χ4n) is 1.90. The van der Waals surface area contributed by atoms with Crippen LogP contribution in [0.3, 0.4) is 0 Å². The van der Waals surface area contributed by atoms with E-state index in [0.29, 0.717) is 0 Å². The molecule has 1 heterocycles. The molecule has 0 saturated carbocycles. The molecule has 0 bridgehead atoms. The van der Waals surface area contributed by atoms with Crippen LogP contribution in [0.1, 0.15) is 10.4 Å². The summed E-state index contributed by atoms with van der Waals surface area (Å²) < 4.78 is 70.2. The summed E-state index contributed by atoms with van der Waals surface area (Å²) in [5.74, 6) is -1.19. The van der Waals surface area contributed by atoms with E-state index in [-0.39, 0.29) is 11.1 Å². The van der Waals surface area contributed by atoms with Crippen LogP contribution in [-0.2, 0) is 14.8 Å². The lowest BCUT2D eigenvalue weighted by molar-refractivity contribution is -0.254. The van der Waals surface area contributed by atoms with Crippen LogP contribution < -0.4 is 10.0 Å². The Morgan fingerprint density at radius 2 is 1.91 bits per heavy atom. The van der Waals surface area contributed by atoms with Crippen molar-refractivity contribution in [3.63, 3.8) is 0 Å². The molecule has 1 unspecified atom stereocenters. The Morgan fingerprint density at radius 3 is 2.39 bits per heavy atom. The average Bonchev–Trinajstić information content (AvgIpc) is 2.47. The Bertz CT molecular complexity index is 706. The van der Waals surface area contributed by atoms with E-state index in [9.17, 15) is 26.4 Å². The maximum atomic E-state index is 13.3. The molecule has 1 amide bonds. The summed E-state index contributed by atoms with van der Waals surface area (Å²) in [7, 11) is -5.27. The summed E-state index contributed by atoms with van der Waals surface area (Å²) in [6.45, 7) is 2.39. The summed E-state index contributed by atoms with van der Waals surface area (Å²) in [6, 6.07) is 6.99. The van der Waals surface area contributed by atoms with Gasteiger partial charge in [-0.3, -0.25) is 10.1 Å². The molecule has 0 aliphatic carbocycles. The predicted molar refractivity (Wildman–Crippen MR) is 74.7 cm³/mol. The van der Waals surface area contributed by atoms with E-state index in [1.165, 1.54) is 29.0 Å². The summed E-state index contributed by atoms with van der Waals surface area (Å²) in [6.07, 6.45) is -5.31. The molecule has 6 nitrogen and oxygen atoms in total. The molecular formula is C13H13F3N2O4S. The van der Waals surface area contributed by atoms with E-state index >= 15 is 0 Å². The molecule has 0 radical (unpaired) electrons. The third-order valence-electron chi connectivity index (χ3n) is 3.07. The molecule has 23 heavy (non-hydrogen) atoms. The molecule has 1 saturated heterocycles. The van der Waals surface area contributed by atoms with Crippen LogP contribution in [0.4, 0.5) is 13.2 Å². The summed E-state index contributed by atoms with van der Waals surface area (Å²) in [4.78, 5) is 11.9. The molecule has 0 spiro atoms. The number of nitrogens with one attached hydrogen (secondary N) is 2. The van der Waals surface area contributed by atoms with Gasteiger partial charge in [-0.25, -0.2) is 13.1 Å². The van der Waals surface area contributed by atoms with Gasteiger partial charge in [-0.2, -0.15) is 13.2 Å². The van der Waals surface area contributed by atoms with Crippen LogP contribution >= 0.6 is 0 Å². The van der Waals surface area contributed by atoms with Crippen molar-refractivity contribution in [3.8, 4) is 0 Å². The van der Waals surface area contributed by atoms with Gasteiger partial charge in [0.15, 0.2) is 0 Å². The van der Waals surface area contributed by atoms with Gasteiger partial charge < -0.3 is 4.74 Å². The number of alkyl halides is 3. The standard InChI is InChI=1S/C13H13F3N2O4S/c1-9-7-17-13(22-8-9,12(14,15)16)23(20,21)18-11(19)10-5-3-2-4-6-10/h2-6,17H,1,7-8H2,(H,18,19). The molecule has 1 fully saturated rings. The van der Waals surface area contributed by atoms with Crippen LogP contribution in [0.25, 0.3) is 0 Å². The number of carbonyl (C=O) groups is 1. The molecule has 2 rings (SSSR count). The van der Waals surface area contributed by atoms with E-state index in [4.69, 9.17) is 0 Å². The topological polar surface area (TPSA) is 84.5 Å². The van der Waals surface area contributed by atoms with Gasteiger partial charge in [-0.05, 0) is 17.7 Å². The number of hydrogen-bond acceptors (Lipinski definition) is 5. The molecule has 1 aliphatic rings. The molecule has 1 aliphatic heterocycles. The minimum atomic E-state index is -5.31. The highest BCUT2D eigenvalue weighted by Crippen LogP contribution is 2.37. The van der Waals surface area contributed by atoms with Crippen molar-refractivity contribution in [1.29, 1.82) is 0 Å². The Hall–Kier alpha value is -1.91. The zero-order chi connectivity index (χ0) is 17.3. The van der Waals surface area contributed by atoms with Crippen LogP contribution in [0, 0.1) is 0 Å². The lowest BCUT2D eigenvalue weighted by Crippen LogP contribution is -2.69. The third-order valence-corrected chi connectivity index (χ3v) is 4.77. The predicted octanol–water partition coefficient (Wildman–Crippen LogP) is 1.14. The number of ether oxygens (including phenoxy) is 1. The molecule has 1 aromatic carbocycles. The van der Waals surface area contributed by atoms with Gasteiger partial charge >= 0.3 is 11.2 Å². The zero-order valence-electron chi connectivity index (χ0n) is 11.7. The van der Waals surface area contributed by atoms with E-state index in [1.54, 1.807) is 11.4 Å². The highest BCUT2D eigenvalue weighted by atomic mass is 32.2. The van der Waals surface area contributed by atoms with E-state index < -0.39 is 40.3 Å². The average molecular weight is 350 g/mol. The normalized spacial score (nSPS) is 22.7. The Kier molecular flexibility index (Phi) is 4.51. The van der Waals surface area contributed by atoms with Crippen molar-refractivity contribution in [1.82, 2.24) is 10.0 Å². The van der Waals surface area contributed by atoms with Gasteiger partial charge in [0.25, 0.3) is 15.9 Å². The molecule has 0 aromatic heterocycles. The highest BCUT2D eigenvalue weighted by molar-refractivity contribution is 7.91. The quantitative estimate of drug-likeness (QED) is 0.799. The second kappa shape index (κ2) is 5.95. The molecular weight excluding hydrogens is 337 g/mol. The van der Waals surface area contributed by atoms with Crippen molar-refractivity contribution in [3.05, 3.63) is 48.0 Å². The van der Waals surface area contributed by atoms with Gasteiger partial charge in [0, 0.05) is 12.1 Å². The number of benzene rings is 1. The van der Waals surface area contributed by atoms with Gasteiger partial charge in [0.1, 0.15) is 0 Å². The number of sulfonamides is 1. The number of rotatable bonds is 3. The summed E-state index contributed by atoms with van der Waals surface area (Å²) in [5.41, 5.74) is 0.142. The largest absolute Gasteiger partial charge is 0.449 e. The van der Waals surface area contributed by atoms with Crippen LogP contribution in [-0.4, -0.2) is 38.7 Å². The van der Waals surface area contributed by atoms with Gasteiger partial charge in [-0.15, -0.1) is 0 Å². The van der Waals surface area contributed by atoms with Gasteiger partial charge in [0.05, 0.1) is 6.61 Å². The van der Waals surface area contributed by atoms with Crippen LogP contribution in [0.5, 0.6) is 0 Å². The Labute approximate surface area is 130 Å². The lowest BCUT2D eigenvalue weighted by atomic mass is 10.2. The number of halogens is 3. The molecule has 10 heteroatoms. The first kappa shape index (κ1) is 17.4. The first-order chi connectivity index (χ1) is 10.6. The maximum absolute atomic E-state index is 13.3. The molecule has 126 valence electrons. The van der Waals surface area contributed by atoms with E-state index in [2.05, 4.69) is 11.3 Å². The molecule has 1 atom stereocenters. The summed E-state index contributed by atoms with van der Waals surface area (Å²) >= 11 is 0. The molecule has 1 aromatic rings. The monoisotopic (exact) mass is 350 g/mol. The highest BCUT2D eigenvalue weighted by Gasteiger charge is 2.67. The van der Waals surface area contributed by atoms with Crippen molar-refractivity contribution in [2.45, 2.75) is 11.2 Å². The first-order valence-electron chi connectivity index (χ1n) is 6.33. The van der Waals surface area contributed by atoms with Crippen molar-refractivity contribution in [2.75, 3.05) is 13.2 Å². The van der Waals surface area contributed by atoms with Crippen LogP contribution in [0.15, 0.2) is 42.5 Å².